The monoisotopic (exact) mass is 274 g/mol. The summed E-state index contributed by atoms with van der Waals surface area (Å²) >= 11 is 0. The average molecular weight is 274 g/mol. The molecule has 3 nitrogen and oxygen atoms in total. The molecule has 1 fully saturated rings. The van der Waals surface area contributed by atoms with Crippen molar-refractivity contribution in [2.24, 2.45) is 23.5 Å². The number of halogens is 1. The Kier molecular flexibility index (Phi) is 3.24. The van der Waals surface area contributed by atoms with Gasteiger partial charge in [-0.25, -0.2) is 4.39 Å². The third kappa shape index (κ3) is 2.30. The van der Waals surface area contributed by atoms with E-state index in [4.69, 9.17) is 5.73 Å². The van der Waals surface area contributed by atoms with Gasteiger partial charge in [0.05, 0.1) is 0 Å². The van der Waals surface area contributed by atoms with Crippen molar-refractivity contribution < 1.29 is 9.18 Å². The zero-order valence-corrected chi connectivity index (χ0v) is 11.5. The van der Waals surface area contributed by atoms with Gasteiger partial charge < -0.3 is 11.1 Å². The quantitative estimate of drug-likeness (QED) is 0.829. The van der Waals surface area contributed by atoms with Gasteiger partial charge in [-0.2, -0.15) is 0 Å². The van der Waals surface area contributed by atoms with Gasteiger partial charge in [-0.3, -0.25) is 4.79 Å². The number of hydrogen-bond donors (Lipinski definition) is 2. The molecule has 3 atom stereocenters. The van der Waals surface area contributed by atoms with E-state index in [0.29, 0.717) is 23.1 Å². The van der Waals surface area contributed by atoms with E-state index in [0.717, 1.165) is 12.5 Å². The lowest BCUT2D eigenvalue weighted by Crippen LogP contribution is -2.19. The summed E-state index contributed by atoms with van der Waals surface area (Å²) in [6.07, 6.45) is 7.06. The minimum absolute atomic E-state index is 0.212. The molecule has 3 N–H and O–H groups in total. The van der Waals surface area contributed by atoms with Crippen molar-refractivity contribution in [1.82, 2.24) is 0 Å². The molecule has 0 aliphatic heterocycles. The van der Waals surface area contributed by atoms with Gasteiger partial charge in [0.25, 0.3) is 0 Å². The van der Waals surface area contributed by atoms with Crippen LogP contribution in [0.1, 0.15) is 28.8 Å². The molecule has 3 rings (SSSR count). The number of allylic oxidation sites excluding steroid dienone is 2. The molecule has 0 aromatic heterocycles. The summed E-state index contributed by atoms with van der Waals surface area (Å²) in [6.45, 7) is 2.52. The predicted molar refractivity (Wildman–Crippen MR) is 77.0 cm³/mol. The molecule has 0 heterocycles. The van der Waals surface area contributed by atoms with Crippen molar-refractivity contribution >= 4 is 11.6 Å². The third-order valence-electron chi connectivity index (χ3n) is 4.60. The first-order valence-corrected chi connectivity index (χ1v) is 7.06. The molecule has 1 aromatic rings. The maximum Gasteiger partial charge on any atom is 0.248 e. The molecule has 20 heavy (non-hydrogen) atoms. The Morgan fingerprint density at radius 3 is 2.80 bits per heavy atom. The highest BCUT2D eigenvalue weighted by Gasteiger charge is 2.35. The third-order valence-corrected chi connectivity index (χ3v) is 4.60. The fourth-order valence-electron chi connectivity index (χ4n) is 3.38. The fraction of sp³-hybridized carbons (Fsp3) is 0.438. The number of rotatable bonds is 4. The molecule has 2 bridgehead atoms. The molecular weight excluding hydrogens is 255 g/mol. The number of nitrogens with one attached hydrogen (secondary N) is 1. The van der Waals surface area contributed by atoms with Gasteiger partial charge in [0.15, 0.2) is 0 Å². The van der Waals surface area contributed by atoms with E-state index in [2.05, 4.69) is 17.5 Å². The van der Waals surface area contributed by atoms with Crippen molar-refractivity contribution in [3.05, 3.63) is 41.2 Å². The molecule has 4 heteroatoms. The minimum Gasteiger partial charge on any atom is -0.384 e. The molecule has 1 aromatic carbocycles. The number of nitrogens with two attached hydrogens (primary N) is 1. The number of carbonyl (C=O) groups is 1. The fourth-order valence-corrected chi connectivity index (χ4v) is 3.38. The van der Waals surface area contributed by atoms with Crippen LogP contribution >= 0.6 is 0 Å². The lowest BCUT2D eigenvalue weighted by Gasteiger charge is -2.20. The summed E-state index contributed by atoms with van der Waals surface area (Å²) in [7, 11) is 0. The molecule has 0 spiro atoms. The standard InChI is InChI=1S/C16H19FN2O/c1-9-14(17)6-12(16(18)20)7-15(9)19-8-13-5-10-2-3-11(13)4-10/h2-3,6-7,10-11,13,19H,4-5,8H2,1H3,(H2,18,20). The highest BCUT2D eigenvalue weighted by Crippen LogP contribution is 2.43. The van der Waals surface area contributed by atoms with Crippen molar-refractivity contribution in [2.75, 3.05) is 11.9 Å². The molecule has 0 radical (unpaired) electrons. The number of carbonyl (C=O) groups excluding carboxylic acids is 1. The number of anilines is 1. The van der Waals surface area contributed by atoms with Crippen molar-refractivity contribution in [1.29, 1.82) is 0 Å². The van der Waals surface area contributed by atoms with Crippen LogP contribution < -0.4 is 11.1 Å². The Balaban J connectivity index is 1.73. The van der Waals surface area contributed by atoms with Crippen molar-refractivity contribution in [3.63, 3.8) is 0 Å². The predicted octanol–water partition coefficient (Wildman–Crippen LogP) is 2.86. The van der Waals surface area contributed by atoms with E-state index >= 15 is 0 Å². The Morgan fingerprint density at radius 1 is 1.40 bits per heavy atom. The number of fused-ring (bicyclic) bond motifs is 2. The maximum atomic E-state index is 13.8. The summed E-state index contributed by atoms with van der Waals surface area (Å²) in [5, 5.41) is 3.29. The molecule has 2 aliphatic carbocycles. The Bertz CT molecular complexity index is 582. The highest BCUT2D eigenvalue weighted by molar-refractivity contribution is 5.94. The Morgan fingerprint density at radius 2 is 2.20 bits per heavy atom. The van der Waals surface area contributed by atoms with E-state index in [-0.39, 0.29) is 5.56 Å². The van der Waals surface area contributed by atoms with Gasteiger partial charge in [0.1, 0.15) is 5.82 Å². The first-order valence-electron chi connectivity index (χ1n) is 7.06. The topological polar surface area (TPSA) is 55.1 Å². The average Bonchev–Trinajstić information content (AvgIpc) is 3.02. The van der Waals surface area contributed by atoms with E-state index in [9.17, 15) is 9.18 Å². The minimum atomic E-state index is -0.602. The largest absolute Gasteiger partial charge is 0.384 e. The van der Waals surface area contributed by atoms with Crippen LogP contribution in [0.4, 0.5) is 10.1 Å². The van der Waals surface area contributed by atoms with Crippen LogP contribution in [-0.4, -0.2) is 12.5 Å². The highest BCUT2D eigenvalue weighted by atomic mass is 19.1. The smallest absolute Gasteiger partial charge is 0.248 e. The molecule has 106 valence electrons. The second-order valence-electron chi connectivity index (χ2n) is 5.92. The molecule has 0 saturated heterocycles. The van der Waals surface area contributed by atoms with Crippen molar-refractivity contribution in [2.45, 2.75) is 19.8 Å². The first-order chi connectivity index (χ1) is 9.54. The Hall–Kier alpha value is -1.84. The van der Waals surface area contributed by atoms with Gasteiger partial charge in [-0.1, -0.05) is 12.2 Å². The van der Waals surface area contributed by atoms with Gasteiger partial charge in [-0.15, -0.1) is 0 Å². The molecular formula is C16H19FN2O. The molecule has 1 amide bonds. The van der Waals surface area contributed by atoms with E-state index in [1.165, 1.54) is 18.9 Å². The summed E-state index contributed by atoms with van der Waals surface area (Å²) in [6, 6.07) is 2.84. The van der Waals surface area contributed by atoms with Crippen LogP contribution in [0.5, 0.6) is 0 Å². The summed E-state index contributed by atoms with van der Waals surface area (Å²) in [4.78, 5) is 11.2. The molecule has 2 aliphatic rings. The molecule has 3 unspecified atom stereocenters. The van der Waals surface area contributed by atoms with Crippen LogP contribution in [0, 0.1) is 30.5 Å². The summed E-state index contributed by atoms with van der Waals surface area (Å²) in [5.41, 5.74) is 6.65. The normalized spacial score (nSPS) is 27.0. The zero-order chi connectivity index (χ0) is 14.3. The SMILES string of the molecule is Cc1c(F)cc(C(N)=O)cc1NCC1CC2C=CC1C2. The number of benzene rings is 1. The second-order valence-corrected chi connectivity index (χ2v) is 5.92. The van der Waals surface area contributed by atoms with Gasteiger partial charge in [0.2, 0.25) is 5.91 Å². The lowest BCUT2D eigenvalue weighted by molar-refractivity contribution is 0.1000. The van der Waals surface area contributed by atoms with Gasteiger partial charge in [0, 0.05) is 23.4 Å². The lowest BCUT2D eigenvalue weighted by atomic mass is 9.93. The number of amides is 1. The van der Waals surface area contributed by atoms with E-state index in [1.54, 1.807) is 13.0 Å². The maximum absolute atomic E-state index is 13.8. The van der Waals surface area contributed by atoms with Crippen LogP contribution in [0.25, 0.3) is 0 Å². The van der Waals surface area contributed by atoms with Crippen LogP contribution in [0.3, 0.4) is 0 Å². The van der Waals surface area contributed by atoms with E-state index < -0.39 is 11.7 Å². The molecule has 1 saturated carbocycles. The summed E-state index contributed by atoms with van der Waals surface area (Å²) in [5.74, 6) is 0.981. The van der Waals surface area contributed by atoms with Gasteiger partial charge in [-0.05, 0) is 49.7 Å². The van der Waals surface area contributed by atoms with Crippen molar-refractivity contribution in [3.8, 4) is 0 Å². The number of primary amides is 1. The summed E-state index contributed by atoms with van der Waals surface area (Å²) < 4.78 is 13.8. The van der Waals surface area contributed by atoms with E-state index in [1.807, 2.05) is 0 Å². The van der Waals surface area contributed by atoms with Crippen LogP contribution in [-0.2, 0) is 0 Å². The second kappa shape index (κ2) is 4.93. The Labute approximate surface area is 118 Å². The van der Waals surface area contributed by atoms with Crippen LogP contribution in [0.2, 0.25) is 0 Å². The van der Waals surface area contributed by atoms with Crippen LogP contribution in [0.15, 0.2) is 24.3 Å². The van der Waals surface area contributed by atoms with Gasteiger partial charge >= 0.3 is 0 Å². The first kappa shape index (κ1) is 13.2. The zero-order valence-electron chi connectivity index (χ0n) is 11.5. The number of hydrogen-bond acceptors (Lipinski definition) is 2.